The molecule has 0 atom stereocenters. The van der Waals surface area contributed by atoms with Crippen molar-refractivity contribution in [3.63, 3.8) is 0 Å². The number of nitrogens with zero attached hydrogens (tertiary/aromatic N) is 4. The molecule has 18 heteroatoms. The molecule has 0 bridgehead atoms. The smallest absolute Gasteiger partial charge is 0.308 e. The number of hydrogen-bond acceptors (Lipinski definition) is 3. The lowest BCUT2D eigenvalue weighted by Crippen LogP contribution is -2.30. The van der Waals surface area contributed by atoms with Crippen LogP contribution in [0, 0.1) is 11.3 Å². The molecular weight excluding hydrogens is 977 g/mol. The Hall–Kier alpha value is -8.85. The number of hydrogen-bond donors (Lipinski definition) is 0. The summed E-state index contributed by atoms with van der Waals surface area (Å²) in [5.41, 5.74) is -7.79. The molecule has 1 aliphatic rings. The molecule has 0 aliphatic carbocycles. The van der Waals surface area contributed by atoms with Crippen LogP contribution in [0.15, 0.2) is 158 Å². The summed E-state index contributed by atoms with van der Waals surface area (Å²) in [6.45, 7) is 0. The lowest BCUT2D eigenvalue weighted by molar-refractivity contribution is -0.138. The maximum atomic E-state index is 15.0. The summed E-state index contributed by atoms with van der Waals surface area (Å²) < 4.78 is 177. The van der Waals surface area contributed by atoms with Crippen molar-refractivity contribution < 1.29 is 62.3 Å². The molecule has 0 N–H and O–H groups in total. The molecule has 73 heavy (non-hydrogen) atoms. The standard InChI is InChI=1S/C55H26F12N4O2/c56-52(57,58)30-13-17-36-37-18-14-31(53(59,60)61)24-46(37)69(45(36)23-30)43-21-29(35-10-6-11-40-49(35)51(73)71(50(40)72)42-12-5-4-9-34(42)28-7-2-1-3-8-28)22-44(41(43)27-68)70-47-25-32(54(62,63)64)15-19-38(47)39-20-16-33(26-48(39)70)55(65,66)67/h1-26H. The number of nitriles is 1. The summed E-state index contributed by atoms with van der Waals surface area (Å²) in [5, 5.41) is 11.1. The Morgan fingerprint density at radius 2 is 0.753 bits per heavy atom. The highest BCUT2D eigenvalue weighted by atomic mass is 19.4. The summed E-state index contributed by atoms with van der Waals surface area (Å²) in [7, 11) is 0. The molecule has 2 amide bonds. The second-order valence-corrected chi connectivity index (χ2v) is 17.1. The molecular formula is C55H26F12N4O2. The summed E-state index contributed by atoms with van der Waals surface area (Å²) in [4.78, 5) is 30.4. The minimum atomic E-state index is -5.03. The van der Waals surface area contributed by atoms with Crippen LogP contribution in [0.4, 0.5) is 58.4 Å². The number of aromatic nitrogens is 2. The fourth-order valence-electron chi connectivity index (χ4n) is 9.77. The zero-order valence-corrected chi connectivity index (χ0v) is 36.7. The number of amides is 2. The average molecular weight is 1000 g/mol. The molecule has 0 unspecified atom stereocenters. The minimum absolute atomic E-state index is 0.0387. The molecule has 0 saturated heterocycles. The molecule has 3 heterocycles. The fraction of sp³-hybridized carbons (Fsp3) is 0.0727. The van der Waals surface area contributed by atoms with Gasteiger partial charge in [0.05, 0.1) is 72.5 Å². The van der Waals surface area contributed by atoms with Gasteiger partial charge in [-0.1, -0.05) is 84.9 Å². The van der Waals surface area contributed by atoms with Crippen LogP contribution in [0.25, 0.3) is 77.2 Å². The highest BCUT2D eigenvalue weighted by Gasteiger charge is 2.41. The number of benzene rings is 8. The van der Waals surface area contributed by atoms with Crippen molar-refractivity contribution in [2.24, 2.45) is 0 Å². The predicted octanol–water partition coefficient (Wildman–Crippen LogP) is 16.0. The van der Waals surface area contributed by atoms with Crippen LogP contribution in [0.5, 0.6) is 0 Å². The normalized spacial score (nSPS) is 13.5. The molecule has 0 radical (unpaired) electrons. The van der Waals surface area contributed by atoms with Gasteiger partial charge in [-0.15, -0.1) is 0 Å². The third kappa shape index (κ3) is 7.44. The first kappa shape index (κ1) is 46.5. The van der Waals surface area contributed by atoms with Gasteiger partial charge in [0.1, 0.15) is 11.6 Å². The third-order valence-corrected chi connectivity index (χ3v) is 13.0. The molecule has 0 saturated carbocycles. The number of carbonyl (C=O) groups is 2. The van der Waals surface area contributed by atoms with Crippen LogP contribution in [0.1, 0.15) is 48.5 Å². The summed E-state index contributed by atoms with van der Waals surface area (Å²) >= 11 is 0. The summed E-state index contributed by atoms with van der Waals surface area (Å²) in [6, 6.07) is 32.9. The Bertz CT molecular complexity index is 3730. The van der Waals surface area contributed by atoms with E-state index in [9.17, 15) is 67.5 Å². The third-order valence-electron chi connectivity index (χ3n) is 13.0. The van der Waals surface area contributed by atoms with Gasteiger partial charge in [0.15, 0.2) is 0 Å². The average Bonchev–Trinajstić information content (AvgIpc) is 3.95. The highest BCUT2D eigenvalue weighted by molar-refractivity contribution is 6.37. The van der Waals surface area contributed by atoms with Crippen molar-refractivity contribution in [2.75, 3.05) is 4.90 Å². The number of anilines is 1. The molecule has 0 fully saturated rings. The molecule has 2 aromatic heterocycles. The fourth-order valence-corrected chi connectivity index (χ4v) is 9.77. The number of fused-ring (bicyclic) bond motifs is 7. The van der Waals surface area contributed by atoms with E-state index in [4.69, 9.17) is 0 Å². The van der Waals surface area contributed by atoms with E-state index in [0.717, 1.165) is 50.4 Å². The van der Waals surface area contributed by atoms with Gasteiger partial charge in [-0.25, -0.2) is 4.90 Å². The topological polar surface area (TPSA) is 71.0 Å². The Kier molecular flexibility index (Phi) is 10.3. The van der Waals surface area contributed by atoms with Gasteiger partial charge >= 0.3 is 24.7 Å². The Balaban J connectivity index is 1.29. The van der Waals surface area contributed by atoms with Crippen LogP contribution in [0.2, 0.25) is 0 Å². The second kappa shape index (κ2) is 16.1. The zero-order valence-electron chi connectivity index (χ0n) is 36.7. The Morgan fingerprint density at radius 3 is 1.16 bits per heavy atom. The van der Waals surface area contributed by atoms with Gasteiger partial charge in [0.25, 0.3) is 11.8 Å². The van der Waals surface area contributed by atoms with Crippen molar-refractivity contribution >= 4 is 61.1 Å². The maximum Gasteiger partial charge on any atom is 0.416 e. The van der Waals surface area contributed by atoms with Crippen molar-refractivity contribution in [3.05, 3.63) is 197 Å². The minimum Gasteiger partial charge on any atom is -0.308 e. The van der Waals surface area contributed by atoms with Crippen molar-refractivity contribution in [3.8, 4) is 39.7 Å². The van der Waals surface area contributed by atoms with Gasteiger partial charge in [0.2, 0.25) is 0 Å². The van der Waals surface area contributed by atoms with E-state index in [-0.39, 0.29) is 49.5 Å². The number of carbonyl (C=O) groups excluding carboxylic acids is 2. The van der Waals surface area contributed by atoms with Gasteiger partial charge in [-0.3, -0.25) is 9.59 Å². The van der Waals surface area contributed by atoms with Crippen LogP contribution in [-0.2, 0) is 24.7 Å². The molecule has 6 nitrogen and oxygen atoms in total. The first-order valence-electron chi connectivity index (χ1n) is 21.8. The monoisotopic (exact) mass is 1000 g/mol. The van der Waals surface area contributed by atoms with Gasteiger partial charge in [0, 0.05) is 27.1 Å². The summed E-state index contributed by atoms with van der Waals surface area (Å²) in [5.74, 6) is -1.70. The van der Waals surface area contributed by atoms with Gasteiger partial charge in [-0.2, -0.15) is 57.9 Å². The van der Waals surface area contributed by atoms with Gasteiger partial charge < -0.3 is 9.13 Å². The molecule has 11 rings (SSSR count). The Labute approximate surface area is 402 Å². The first-order chi connectivity index (χ1) is 34.5. The van der Waals surface area contributed by atoms with E-state index in [1.807, 2.05) is 6.07 Å². The van der Waals surface area contributed by atoms with Gasteiger partial charge in [-0.05, 0) is 89.5 Å². The maximum absolute atomic E-state index is 15.0. The van der Waals surface area contributed by atoms with Crippen molar-refractivity contribution in [2.45, 2.75) is 24.7 Å². The SMILES string of the molecule is N#Cc1c(-n2c3cc(C(F)(F)F)ccc3c3ccc(C(F)(F)F)cc32)cc(-c2cccc3c2C(=O)N(c2ccccc2-c2ccccc2)C3=O)cc1-n1c2cc(C(F)(F)F)ccc2c2ccc(C(F)(F)F)cc21. The molecule has 10 aromatic rings. The predicted molar refractivity (Wildman–Crippen MR) is 248 cm³/mol. The van der Waals surface area contributed by atoms with E-state index in [1.54, 1.807) is 48.5 Å². The second-order valence-electron chi connectivity index (χ2n) is 17.1. The lowest BCUT2D eigenvalue weighted by atomic mass is 9.94. The summed E-state index contributed by atoms with van der Waals surface area (Å²) in [6.07, 6.45) is -20.1. The van der Waals surface area contributed by atoms with Crippen LogP contribution >= 0.6 is 0 Å². The van der Waals surface area contributed by atoms with E-state index < -0.39 is 97.8 Å². The number of para-hydroxylation sites is 1. The molecule has 0 spiro atoms. The molecule has 8 aromatic carbocycles. The van der Waals surface area contributed by atoms with E-state index in [2.05, 4.69) is 0 Å². The van der Waals surface area contributed by atoms with Crippen molar-refractivity contribution in [1.29, 1.82) is 5.26 Å². The van der Waals surface area contributed by atoms with Crippen LogP contribution < -0.4 is 4.90 Å². The number of alkyl halides is 12. The van der Waals surface area contributed by atoms with E-state index in [0.29, 0.717) is 59.7 Å². The number of imide groups is 1. The highest BCUT2D eigenvalue weighted by Crippen LogP contribution is 2.47. The van der Waals surface area contributed by atoms with Crippen LogP contribution in [-0.4, -0.2) is 20.9 Å². The molecule has 362 valence electrons. The van der Waals surface area contributed by atoms with Crippen molar-refractivity contribution in [1.82, 2.24) is 9.13 Å². The number of rotatable bonds is 5. The lowest BCUT2D eigenvalue weighted by Gasteiger charge is -2.20. The first-order valence-corrected chi connectivity index (χ1v) is 21.8. The van der Waals surface area contributed by atoms with E-state index in [1.165, 1.54) is 24.3 Å². The zero-order chi connectivity index (χ0) is 51.7. The number of halogens is 12. The van der Waals surface area contributed by atoms with Crippen LogP contribution in [0.3, 0.4) is 0 Å². The largest absolute Gasteiger partial charge is 0.416 e. The molecule has 1 aliphatic heterocycles. The quantitative estimate of drug-likeness (QED) is 0.127. The van der Waals surface area contributed by atoms with E-state index >= 15 is 0 Å². The Morgan fingerprint density at radius 1 is 0.370 bits per heavy atom.